The number of fused-ring (bicyclic) bond motifs is 1. The smallest absolute Gasteiger partial charge is 0.291 e. The van der Waals surface area contributed by atoms with E-state index in [0.717, 1.165) is 10.9 Å². The van der Waals surface area contributed by atoms with Crippen LogP contribution in [0.15, 0.2) is 64.4 Å². The fourth-order valence-electron chi connectivity index (χ4n) is 3.01. The highest BCUT2D eigenvalue weighted by molar-refractivity contribution is 7.12. The molecule has 7 heteroatoms. The minimum absolute atomic E-state index is 0.189. The summed E-state index contributed by atoms with van der Waals surface area (Å²) < 4.78 is 11.0. The summed E-state index contributed by atoms with van der Waals surface area (Å²) in [7, 11) is 1.59. The van der Waals surface area contributed by atoms with Crippen LogP contribution in [0.4, 0.5) is 11.4 Å². The molecular formula is C22H18N2O4S. The van der Waals surface area contributed by atoms with Gasteiger partial charge in [0.15, 0.2) is 5.76 Å². The first-order chi connectivity index (χ1) is 14.0. The lowest BCUT2D eigenvalue weighted by Gasteiger charge is -2.08. The van der Waals surface area contributed by atoms with Crippen molar-refractivity contribution in [3.8, 4) is 5.75 Å². The van der Waals surface area contributed by atoms with E-state index < -0.39 is 0 Å². The molecular weight excluding hydrogens is 388 g/mol. The molecule has 0 atom stereocenters. The molecule has 6 nitrogen and oxygen atoms in total. The highest BCUT2D eigenvalue weighted by Crippen LogP contribution is 2.29. The Morgan fingerprint density at radius 1 is 0.966 bits per heavy atom. The largest absolute Gasteiger partial charge is 0.497 e. The molecule has 0 aliphatic rings. The first-order valence-electron chi connectivity index (χ1n) is 8.88. The van der Waals surface area contributed by atoms with Crippen LogP contribution in [-0.4, -0.2) is 18.9 Å². The van der Waals surface area contributed by atoms with Gasteiger partial charge in [-0.15, -0.1) is 11.3 Å². The summed E-state index contributed by atoms with van der Waals surface area (Å²) in [5.41, 5.74) is 2.49. The van der Waals surface area contributed by atoms with Gasteiger partial charge in [0.05, 0.1) is 12.0 Å². The summed E-state index contributed by atoms with van der Waals surface area (Å²) in [6, 6.07) is 15.9. The second-order valence-corrected chi connectivity index (χ2v) is 7.33. The first-order valence-corrected chi connectivity index (χ1v) is 9.76. The van der Waals surface area contributed by atoms with Crippen LogP contribution in [0, 0.1) is 6.92 Å². The van der Waals surface area contributed by atoms with Gasteiger partial charge in [-0.2, -0.15) is 0 Å². The van der Waals surface area contributed by atoms with Gasteiger partial charge in [-0.3, -0.25) is 9.59 Å². The maximum atomic E-state index is 12.8. The predicted octanol–water partition coefficient (Wildman–Crippen LogP) is 5.32. The van der Waals surface area contributed by atoms with Crippen LogP contribution in [-0.2, 0) is 0 Å². The minimum Gasteiger partial charge on any atom is -0.497 e. The van der Waals surface area contributed by atoms with Gasteiger partial charge in [-0.25, -0.2) is 0 Å². The van der Waals surface area contributed by atoms with Crippen LogP contribution in [0.1, 0.15) is 25.8 Å². The fourth-order valence-corrected chi connectivity index (χ4v) is 3.63. The number of hydrogen-bond acceptors (Lipinski definition) is 5. The SMILES string of the molecule is COc1ccc2oc(C(=O)Nc3cccc(NC(=O)c4cccs4)c3)c(C)c2c1. The molecule has 29 heavy (non-hydrogen) atoms. The van der Waals surface area contributed by atoms with Crippen LogP contribution in [0.5, 0.6) is 5.75 Å². The Labute approximate surface area is 171 Å². The highest BCUT2D eigenvalue weighted by atomic mass is 32.1. The second-order valence-electron chi connectivity index (χ2n) is 6.38. The number of carbonyl (C=O) groups excluding carboxylic acids is 2. The van der Waals surface area contributed by atoms with E-state index in [4.69, 9.17) is 9.15 Å². The monoisotopic (exact) mass is 406 g/mol. The number of rotatable bonds is 5. The van der Waals surface area contributed by atoms with Crippen LogP contribution in [0.25, 0.3) is 11.0 Å². The summed E-state index contributed by atoms with van der Waals surface area (Å²) in [5, 5.41) is 8.32. The first kappa shape index (κ1) is 18.8. The zero-order valence-electron chi connectivity index (χ0n) is 15.8. The van der Waals surface area contributed by atoms with Gasteiger partial charge in [0.2, 0.25) is 0 Å². The molecule has 0 aliphatic carbocycles. The Balaban J connectivity index is 1.53. The Kier molecular flexibility index (Phi) is 5.05. The number of anilines is 2. The Morgan fingerprint density at radius 2 is 1.72 bits per heavy atom. The highest BCUT2D eigenvalue weighted by Gasteiger charge is 2.18. The molecule has 2 amide bonds. The molecule has 2 aromatic carbocycles. The number of thiophene rings is 1. The Hall–Kier alpha value is -3.58. The van der Waals surface area contributed by atoms with Crippen LogP contribution >= 0.6 is 11.3 Å². The lowest BCUT2D eigenvalue weighted by Crippen LogP contribution is -2.13. The molecule has 0 fully saturated rings. The third kappa shape index (κ3) is 3.86. The molecule has 0 radical (unpaired) electrons. The molecule has 0 bridgehead atoms. The van der Waals surface area contributed by atoms with Crippen molar-refractivity contribution in [2.45, 2.75) is 6.92 Å². The van der Waals surface area contributed by atoms with E-state index in [-0.39, 0.29) is 17.6 Å². The maximum Gasteiger partial charge on any atom is 0.291 e. The predicted molar refractivity (Wildman–Crippen MR) is 114 cm³/mol. The minimum atomic E-state index is -0.362. The second kappa shape index (κ2) is 7.81. The van der Waals surface area contributed by atoms with Gasteiger partial charge in [0.1, 0.15) is 11.3 Å². The standard InChI is InChI=1S/C22H18N2O4S/c1-13-17-12-16(27-2)8-9-18(17)28-20(13)22(26)24-15-6-3-5-14(11-15)23-21(25)19-7-4-10-29-19/h3-12H,1-2H3,(H,23,25)(H,24,26). The van der Waals surface area contributed by atoms with Gasteiger partial charge >= 0.3 is 0 Å². The van der Waals surface area contributed by atoms with E-state index in [0.29, 0.717) is 27.6 Å². The summed E-state index contributed by atoms with van der Waals surface area (Å²) in [5.74, 6) is 0.383. The number of aryl methyl sites for hydroxylation is 1. The van der Waals surface area contributed by atoms with Gasteiger partial charge < -0.3 is 19.8 Å². The van der Waals surface area contributed by atoms with Crippen molar-refractivity contribution >= 4 is 45.5 Å². The van der Waals surface area contributed by atoms with Gasteiger partial charge in [-0.05, 0) is 54.8 Å². The molecule has 0 spiro atoms. The summed E-state index contributed by atoms with van der Waals surface area (Å²) >= 11 is 1.37. The van der Waals surface area contributed by atoms with E-state index in [1.54, 1.807) is 49.6 Å². The Morgan fingerprint density at radius 3 is 2.41 bits per heavy atom. The van der Waals surface area contributed by atoms with Crippen LogP contribution in [0.3, 0.4) is 0 Å². The van der Waals surface area contributed by atoms with Crippen molar-refractivity contribution in [2.24, 2.45) is 0 Å². The molecule has 0 saturated carbocycles. The van der Waals surface area contributed by atoms with Gasteiger partial charge in [0, 0.05) is 22.3 Å². The lowest BCUT2D eigenvalue weighted by molar-refractivity contribution is 0.0996. The quantitative estimate of drug-likeness (QED) is 0.470. The normalized spacial score (nSPS) is 10.7. The van der Waals surface area contributed by atoms with Crippen LogP contribution < -0.4 is 15.4 Å². The van der Waals surface area contributed by atoms with E-state index in [1.807, 2.05) is 24.4 Å². The summed E-state index contributed by atoms with van der Waals surface area (Å²) in [6.07, 6.45) is 0. The number of furan rings is 1. The van der Waals surface area contributed by atoms with Crippen molar-refractivity contribution in [1.82, 2.24) is 0 Å². The molecule has 2 heterocycles. The van der Waals surface area contributed by atoms with E-state index in [9.17, 15) is 9.59 Å². The van der Waals surface area contributed by atoms with E-state index in [2.05, 4.69) is 10.6 Å². The number of nitrogens with one attached hydrogen (secondary N) is 2. The molecule has 0 aliphatic heterocycles. The fraction of sp³-hybridized carbons (Fsp3) is 0.0909. The van der Waals surface area contributed by atoms with Crippen molar-refractivity contribution in [3.05, 3.63) is 76.2 Å². The van der Waals surface area contributed by atoms with E-state index in [1.165, 1.54) is 11.3 Å². The van der Waals surface area contributed by atoms with Gasteiger partial charge in [-0.1, -0.05) is 12.1 Å². The van der Waals surface area contributed by atoms with E-state index >= 15 is 0 Å². The topological polar surface area (TPSA) is 80.6 Å². The maximum absolute atomic E-state index is 12.8. The molecule has 4 aromatic rings. The zero-order valence-corrected chi connectivity index (χ0v) is 16.6. The summed E-state index contributed by atoms with van der Waals surface area (Å²) in [6.45, 7) is 1.83. The molecule has 2 aromatic heterocycles. The number of benzene rings is 2. The third-order valence-corrected chi connectivity index (χ3v) is 5.34. The molecule has 146 valence electrons. The number of carbonyl (C=O) groups is 2. The Bertz CT molecular complexity index is 1190. The zero-order chi connectivity index (χ0) is 20.4. The van der Waals surface area contributed by atoms with Crippen molar-refractivity contribution in [1.29, 1.82) is 0 Å². The number of methoxy groups -OCH3 is 1. The third-order valence-electron chi connectivity index (χ3n) is 4.47. The molecule has 0 unspecified atom stereocenters. The number of amides is 2. The number of hydrogen-bond donors (Lipinski definition) is 2. The van der Waals surface area contributed by atoms with Gasteiger partial charge in [0.25, 0.3) is 11.8 Å². The van der Waals surface area contributed by atoms with Crippen molar-refractivity contribution in [3.63, 3.8) is 0 Å². The number of ether oxygens (including phenoxy) is 1. The lowest BCUT2D eigenvalue weighted by atomic mass is 10.1. The van der Waals surface area contributed by atoms with Crippen LogP contribution in [0.2, 0.25) is 0 Å². The van der Waals surface area contributed by atoms with Crippen molar-refractivity contribution < 1.29 is 18.7 Å². The molecule has 2 N–H and O–H groups in total. The molecule has 4 rings (SSSR count). The molecule has 0 saturated heterocycles. The average molecular weight is 406 g/mol. The summed E-state index contributed by atoms with van der Waals surface area (Å²) in [4.78, 5) is 25.6. The average Bonchev–Trinajstić information content (AvgIpc) is 3.37. The van der Waals surface area contributed by atoms with Crippen molar-refractivity contribution in [2.75, 3.05) is 17.7 Å².